The number of esters is 1. The second-order valence-corrected chi connectivity index (χ2v) is 9.94. The van der Waals surface area contributed by atoms with Crippen LogP contribution in [0.5, 0.6) is 0 Å². The molecule has 178 valence electrons. The van der Waals surface area contributed by atoms with Crippen molar-refractivity contribution in [2.75, 3.05) is 29.8 Å². The molecule has 34 heavy (non-hydrogen) atoms. The van der Waals surface area contributed by atoms with E-state index in [9.17, 15) is 13.2 Å². The zero-order valence-electron chi connectivity index (χ0n) is 19.1. The molecule has 8 heteroatoms. The Morgan fingerprint density at radius 1 is 0.912 bits per heavy atom. The lowest BCUT2D eigenvalue weighted by molar-refractivity contribution is -0.143. The minimum atomic E-state index is -3.61. The SMILES string of the molecule is COC(=O)[C@@H](NC1CCN(c2ccc(NS(=O)(=O)c3ccccc3)cc2)CC1)c1ccccc1. The van der Waals surface area contributed by atoms with Gasteiger partial charge >= 0.3 is 5.97 Å². The van der Waals surface area contributed by atoms with Gasteiger partial charge in [0, 0.05) is 30.5 Å². The van der Waals surface area contributed by atoms with E-state index < -0.39 is 16.1 Å². The molecule has 3 aromatic rings. The number of nitrogens with zero attached hydrogens (tertiary/aromatic N) is 1. The fraction of sp³-hybridized carbons (Fsp3) is 0.269. The summed E-state index contributed by atoms with van der Waals surface area (Å²) in [6.45, 7) is 1.66. The summed E-state index contributed by atoms with van der Waals surface area (Å²) in [6.07, 6.45) is 1.76. The first-order valence-electron chi connectivity index (χ1n) is 11.3. The normalized spacial score (nSPS) is 15.5. The van der Waals surface area contributed by atoms with Gasteiger partial charge in [-0.05, 0) is 54.8 Å². The highest BCUT2D eigenvalue weighted by molar-refractivity contribution is 7.92. The van der Waals surface area contributed by atoms with Gasteiger partial charge in [0.15, 0.2) is 0 Å². The number of carbonyl (C=O) groups excluding carboxylic acids is 1. The molecule has 2 N–H and O–H groups in total. The smallest absolute Gasteiger partial charge is 0.327 e. The van der Waals surface area contributed by atoms with Crippen molar-refractivity contribution in [2.45, 2.75) is 29.8 Å². The molecular weight excluding hydrogens is 450 g/mol. The second-order valence-electron chi connectivity index (χ2n) is 8.26. The predicted octanol–water partition coefficient (Wildman–Crippen LogP) is 3.96. The van der Waals surface area contributed by atoms with E-state index in [2.05, 4.69) is 14.9 Å². The van der Waals surface area contributed by atoms with E-state index in [4.69, 9.17) is 4.74 Å². The Balaban J connectivity index is 1.34. The van der Waals surface area contributed by atoms with Crippen LogP contribution in [0.3, 0.4) is 0 Å². The van der Waals surface area contributed by atoms with Gasteiger partial charge in [0.1, 0.15) is 6.04 Å². The van der Waals surface area contributed by atoms with Gasteiger partial charge in [0.25, 0.3) is 10.0 Å². The lowest BCUT2D eigenvalue weighted by Gasteiger charge is -2.35. The van der Waals surface area contributed by atoms with Crippen molar-refractivity contribution in [1.29, 1.82) is 0 Å². The van der Waals surface area contributed by atoms with Crippen LogP contribution in [0.1, 0.15) is 24.4 Å². The van der Waals surface area contributed by atoms with Crippen LogP contribution in [0.2, 0.25) is 0 Å². The molecule has 4 rings (SSSR count). The third-order valence-corrected chi connectivity index (χ3v) is 7.40. The minimum absolute atomic E-state index is 0.192. The highest BCUT2D eigenvalue weighted by Crippen LogP contribution is 2.25. The first-order chi connectivity index (χ1) is 16.5. The summed E-state index contributed by atoms with van der Waals surface area (Å²) >= 11 is 0. The summed E-state index contributed by atoms with van der Waals surface area (Å²) in [6, 6.07) is 25.0. The Morgan fingerprint density at radius 3 is 2.09 bits per heavy atom. The summed E-state index contributed by atoms with van der Waals surface area (Å²) in [5.41, 5.74) is 2.45. The van der Waals surface area contributed by atoms with E-state index in [-0.39, 0.29) is 16.9 Å². The van der Waals surface area contributed by atoms with Crippen LogP contribution < -0.4 is 14.9 Å². The van der Waals surface area contributed by atoms with Gasteiger partial charge in [0.2, 0.25) is 0 Å². The molecule has 0 saturated carbocycles. The van der Waals surface area contributed by atoms with Crippen molar-refractivity contribution in [3.63, 3.8) is 0 Å². The summed E-state index contributed by atoms with van der Waals surface area (Å²) < 4.78 is 32.7. The maximum Gasteiger partial charge on any atom is 0.327 e. The zero-order valence-corrected chi connectivity index (χ0v) is 19.9. The topological polar surface area (TPSA) is 87.7 Å². The molecule has 0 aliphatic carbocycles. The van der Waals surface area contributed by atoms with E-state index in [1.54, 1.807) is 42.5 Å². The summed E-state index contributed by atoms with van der Waals surface area (Å²) in [7, 11) is -2.20. The van der Waals surface area contributed by atoms with E-state index in [0.29, 0.717) is 5.69 Å². The van der Waals surface area contributed by atoms with Crippen LogP contribution >= 0.6 is 0 Å². The minimum Gasteiger partial charge on any atom is -0.468 e. The molecule has 1 heterocycles. The number of nitrogens with one attached hydrogen (secondary N) is 2. The summed E-state index contributed by atoms with van der Waals surface area (Å²) in [4.78, 5) is 14.8. The number of methoxy groups -OCH3 is 1. The molecule has 7 nitrogen and oxygen atoms in total. The number of ether oxygens (including phenoxy) is 1. The monoisotopic (exact) mass is 479 g/mol. The van der Waals surface area contributed by atoms with Gasteiger partial charge in [-0.25, -0.2) is 13.2 Å². The van der Waals surface area contributed by atoms with Gasteiger partial charge in [-0.2, -0.15) is 0 Å². The number of sulfonamides is 1. The van der Waals surface area contributed by atoms with Crippen molar-refractivity contribution in [2.24, 2.45) is 0 Å². The fourth-order valence-corrected chi connectivity index (χ4v) is 5.24. The number of benzene rings is 3. The fourth-order valence-electron chi connectivity index (χ4n) is 4.16. The average molecular weight is 480 g/mol. The van der Waals surface area contributed by atoms with E-state index in [1.807, 2.05) is 42.5 Å². The molecule has 1 aliphatic heterocycles. The molecule has 3 aromatic carbocycles. The predicted molar refractivity (Wildman–Crippen MR) is 133 cm³/mol. The maximum absolute atomic E-state index is 12.5. The van der Waals surface area contributed by atoms with Gasteiger partial charge < -0.3 is 9.64 Å². The van der Waals surface area contributed by atoms with E-state index in [1.165, 1.54) is 7.11 Å². The van der Waals surface area contributed by atoms with Gasteiger partial charge in [0.05, 0.1) is 12.0 Å². The third-order valence-electron chi connectivity index (χ3n) is 6.01. The molecule has 1 fully saturated rings. The standard InChI is InChI=1S/C26H29N3O4S/c1-33-26(30)25(20-8-4-2-5-9-20)27-21-16-18-29(19-17-21)23-14-12-22(13-15-23)28-34(31,32)24-10-6-3-7-11-24/h2-15,21,25,27-28H,16-19H2,1H3/t25-/m0/s1. The first-order valence-corrected chi connectivity index (χ1v) is 12.8. The molecule has 0 spiro atoms. The second kappa shape index (κ2) is 10.7. The number of rotatable bonds is 8. The molecule has 0 aromatic heterocycles. The summed E-state index contributed by atoms with van der Waals surface area (Å²) in [5.74, 6) is -0.290. The van der Waals surface area contributed by atoms with Crippen molar-refractivity contribution in [3.8, 4) is 0 Å². The largest absolute Gasteiger partial charge is 0.468 e. The van der Waals surface area contributed by atoms with E-state index >= 15 is 0 Å². The highest BCUT2D eigenvalue weighted by Gasteiger charge is 2.27. The Morgan fingerprint density at radius 2 is 1.50 bits per heavy atom. The zero-order chi connectivity index (χ0) is 24.0. The van der Waals surface area contributed by atoms with Crippen LogP contribution in [0, 0.1) is 0 Å². The van der Waals surface area contributed by atoms with Crippen LogP contribution in [-0.4, -0.2) is 40.6 Å². The van der Waals surface area contributed by atoms with Crippen LogP contribution in [0.4, 0.5) is 11.4 Å². The molecular formula is C26H29N3O4S. The molecule has 0 bridgehead atoms. The van der Waals surface area contributed by atoms with Crippen molar-refractivity contribution in [3.05, 3.63) is 90.5 Å². The van der Waals surface area contributed by atoms with Crippen molar-refractivity contribution >= 4 is 27.4 Å². The third kappa shape index (κ3) is 5.76. The molecule has 0 unspecified atom stereocenters. The lowest BCUT2D eigenvalue weighted by atomic mass is 10.0. The highest BCUT2D eigenvalue weighted by atomic mass is 32.2. The Kier molecular flexibility index (Phi) is 7.49. The molecule has 1 saturated heterocycles. The maximum atomic E-state index is 12.5. The number of piperidine rings is 1. The number of carbonyl (C=O) groups is 1. The number of hydrogen-bond donors (Lipinski definition) is 2. The van der Waals surface area contributed by atoms with Gasteiger partial charge in [-0.1, -0.05) is 48.5 Å². The Labute approximate surface area is 200 Å². The summed E-state index contributed by atoms with van der Waals surface area (Å²) in [5, 5.41) is 3.47. The quantitative estimate of drug-likeness (QED) is 0.476. The molecule has 0 amide bonds. The Hall–Kier alpha value is -3.36. The van der Waals surface area contributed by atoms with Gasteiger partial charge in [-0.15, -0.1) is 0 Å². The Bertz CT molecular complexity index is 1180. The first kappa shape index (κ1) is 23.8. The van der Waals surface area contributed by atoms with E-state index in [0.717, 1.165) is 37.2 Å². The van der Waals surface area contributed by atoms with Crippen LogP contribution in [-0.2, 0) is 19.6 Å². The lowest BCUT2D eigenvalue weighted by Crippen LogP contribution is -2.45. The molecule has 1 aliphatic rings. The van der Waals surface area contributed by atoms with Crippen LogP contribution in [0.25, 0.3) is 0 Å². The average Bonchev–Trinajstić information content (AvgIpc) is 2.88. The number of anilines is 2. The van der Waals surface area contributed by atoms with Crippen LogP contribution in [0.15, 0.2) is 89.8 Å². The van der Waals surface area contributed by atoms with Crippen molar-refractivity contribution in [1.82, 2.24) is 5.32 Å². The molecule has 1 atom stereocenters. The van der Waals surface area contributed by atoms with Crippen molar-refractivity contribution < 1.29 is 17.9 Å². The van der Waals surface area contributed by atoms with Gasteiger partial charge in [-0.3, -0.25) is 10.0 Å². The molecule has 0 radical (unpaired) electrons. The number of hydrogen-bond acceptors (Lipinski definition) is 6.